The second-order valence-electron chi connectivity index (χ2n) is 9.08. The molecule has 2 bridgehead atoms. The molecule has 0 aliphatic carbocycles. The predicted octanol–water partition coefficient (Wildman–Crippen LogP) is 3.13. The maximum atomic E-state index is 4.87. The van der Waals surface area contributed by atoms with Gasteiger partial charge >= 0.3 is 0 Å². The zero-order valence-electron chi connectivity index (χ0n) is 18.8. The number of nitrogens with one attached hydrogen (secondary N) is 2. The zero-order valence-corrected chi connectivity index (χ0v) is 21.1. The van der Waals surface area contributed by atoms with Gasteiger partial charge in [-0.15, -0.1) is 34.2 Å². The number of piperidine rings is 2. The summed E-state index contributed by atoms with van der Waals surface area (Å²) in [6.45, 7) is 4.97. The molecular formula is C22H40IN7. The minimum absolute atomic E-state index is 0. The molecule has 30 heavy (non-hydrogen) atoms. The van der Waals surface area contributed by atoms with Crippen LogP contribution in [0.25, 0.3) is 0 Å². The van der Waals surface area contributed by atoms with E-state index in [4.69, 9.17) is 4.99 Å². The van der Waals surface area contributed by atoms with Crippen molar-refractivity contribution in [3.63, 3.8) is 0 Å². The molecular weight excluding hydrogens is 489 g/mol. The van der Waals surface area contributed by atoms with E-state index in [-0.39, 0.29) is 24.0 Å². The van der Waals surface area contributed by atoms with Crippen molar-refractivity contribution in [3.05, 3.63) is 11.6 Å². The van der Waals surface area contributed by atoms with Crippen LogP contribution in [0.5, 0.6) is 0 Å². The van der Waals surface area contributed by atoms with E-state index < -0.39 is 0 Å². The van der Waals surface area contributed by atoms with E-state index in [1.165, 1.54) is 57.2 Å². The topological polar surface area (TPSA) is 70.4 Å². The number of hydrogen-bond donors (Lipinski definition) is 2. The van der Waals surface area contributed by atoms with Gasteiger partial charge in [0.15, 0.2) is 5.96 Å². The van der Waals surface area contributed by atoms with Gasteiger partial charge in [-0.3, -0.25) is 4.99 Å². The van der Waals surface area contributed by atoms with Crippen LogP contribution in [0.4, 0.5) is 0 Å². The average molecular weight is 530 g/mol. The molecule has 0 saturated carbocycles. The highest BCUT2D eigenvalue weighted by molar-refractivity contribution is 14.0. The molecule has 2 fully saturated rings. The largest absolute Gasteiger partial charge is 0.357 e. The second-order valence-corrected chi connectivity index (χ2v) is 9.08. The van der Waals surface area contributed by atoms with Gasteiger partial charge in [0.05, 0.1) is 0 Å². The molecule has 0 spiro atoms. The first kappa shape index (κ1) is 23.8. The van der Waals surface area contributed by atoms with Crippen LogP contribution in [-0.2, 0) is 19.4 Å². The van der Waals surface area contributed by atoms with Gasteiger partial charge < -0.3 is 20.1 Å². The second kappa shape index (κ2) is 11.6. The van der Waals surface area contributed by atoms with E-state index >= 15 is 0 Å². The summed E-state index contributed by atoms with van der Waals surface area (Å²) in [7, 11) is 2.31. The van der Waals surface area contributed by atoms with E-state index in [0.29, 0.717) is 6.04 Å². The van der Waals surface area contributed by atoms with Crippen molar-refractivity contribution in [1.29, 1.82) is 0 Å². The number of aromatic nitrogens is 3. The number of guanidine groups is 1. The van der Waals surface area contributed by atoms with E-state index in [9.17, 15) is 0 Å². The summed E-state index contributed by atoms with van der Waals surface area (Å²) in [6, 6.07) is 2.03. The van der Waals surface area contributed by atoms with Gasteiger partial charge in [0, 0.05) is 50.6 Å². The average Bonchev–Trinajstić information content (AvgIpc) is 2.92. The smallest absolute Gasteiger partial charge is 0.191 e. The molecule has 0 radical (unpaired) electrons. The minimum atomic E-state index is 0. The minimum Gasteiger partial charge on any atom is -0.357 e. The highest BCUT2D eigenvalue weighted by Crippen LogP contribution is 2.32. The summed E-state index contributed by atoms with van der Waals surface area (Å²) in [5.74, 6) is 3.32. The van der Waals surface area contributed by atoms with E-state index in [2.05, 4.69) is 44.3 Å². The summed E-state index contributed by atoms with van der Waals surface area (Å²) in [4.78, 5) is 7.49. The van der Waals surface area contributed by atoms with Crippen LogP contribution in [0.3, 0.4) is 0 Å². The molecule has 2 atom stereocenters. The van der Waals surface area contributed by atoms with Crippen molar-refractivity contribution in [2.24, 2.45) is 4.99 Å². The lowest BCUT2D eigenvalue weighted by molar-refractivity contribution is 0.0526. The molecule has 170 valence electrons. The van der Waals surface area contributed by atoms with Gasteiger partial charge in [-0.2, -0.15) is 0 Å². The zero-order chi connectivity index (χ0) is 20.1. The molecule has 2 saturated heterocycles. The lowest BCUT2D eigenvalue weighted by Crippen LogP contribution is -2.56. The third kappa shape index (κ3) is 5.87. The number of aliphatic imine (C=N–C) groups is 1. The molecule has 4 rings (SSSR count). The highest BCUT2D eigenvalue weighted by atomic mass is 127. The van der Waals surface area contributed by atoms with Crippen LogP contribution in [0.2, 0.25) is 0 Å². The maximum absolute atomic E-state index is 4.87. The van der Waals surface area contributed by atoms with Crippen molar-refractivity contribution in [2.75, 3.05) is 20.1 Å². The van der Waals surface area contributed by atoms with Crippen LogP contribution in [0, 0.1) is 0 Å². The van der Waals surface area contributed by atoms with Crippen LogP contribution in [0.15, 0.2) is 4.99 Å². The Bertz CT molecular complexity index is 675. The quantitative estimate of drug-likeness (QED) is 0.257. The molecule has 1 aromatic heterocycles. The number of aryl methyl sites for hydroxylation is 2. The van der Waals surface area contributed by atoms with Crippen LogP contribution in [0.1, 0.15) is 76.4 Å². The fraction of sp³-hybridized carbons (Fsp3) is 0.864. The summed E-state index contributed by atoms with van der Waals surface area (Å²) >= 11 is 0. The Labute approximate surface area is 198 Å². The van der Waals surface area contributed by atoms with Gasteiger partial charge in [-0.05, 0) is 58.9 Å². The molecule has 8 heteroatoms. The predicted molar refractivity (Wildman–Crippen MR) is 133 cm³/mol. The number of halogens is 1. The fourth-order valence-corrected chi connectivity index (χ4v) is 5.41. The Hall–Kier alpha value is -0.900. The summed E-state index contributed by atoms with van der Waals surface area (Å²) < 4.78 is 2.36. The molecule has 3 aliphatic rings. The third-order valence-electron chi connectivity index (χ3n) is 7.04. The molecule has 4 heterocycles. The first-order valence-electron chi connectivity index (χ1n) is 11.9. The van der Waals surface area contributed by atoms with E-state index in [1.807, 2.05) is 0 Å². The number of hydrogen-bond acceptors (Lipinski definition) is 4. The normalized spacial score (nSPS) is 27.0. The van der Waals surface area contributed by atoms with Crippen LogP contribution < -0.4 is 10.6 Å². The van der Waals surface area contributed by atoms with E-state index in [1.54, 1.807) is 0 Å². The molecule has 1 aromatic rings. The number of nitrogens with zero attached hydrogens (tertiary/aromatic N) is 5. The molecule has 7 nitrogen and oxygen atoms in total. The SMILES string of the molecule is CCNC(=NCCCc1nnc2n1CCCCC2)NC1CC2CCCC(C1)N2C.I. The Balaban J connectivity index is 0.00000256. The van der Waals surface area contributed by atoms with Crippen molar-refractivity contribution in [1.82, 2.24) is 30.3 Å². The van der Waals surface area contributed by atoms with Crippen LogP contribution in [-0.4, -0.2) is 63.9 Å². The van der Waals surface area contributed by atoms with Gasteiger partial charge in [-0.1, -0.05) is 12.8 Å². The van der Waals surface area contributed by atoms with Gasteiger partial charge in [0.25, 0.3) is 0 Å². The Morgan fingerprint density at radius 2 is 1.90 bits per heavy atom. The molecule has 0 aromatic carbocycles. The first-order valence-corrected chi connectivity index (χ1v) is 11.9. The standard InChI is InChI=1S/C22H39N7.HI/c1-3-23-22(25-17-15-18-9-7-10-19(16-17)28(18)2)24-13-8-12-21-27-26-20-11-5-4-6-14-29(20)21;/h17-19H,3-16H2,1-2H3,(H2,23,24,25);1H. The molecule has 2 N–H and O–H groups in total. The maximum Gasteiger partial charge on any atom is 0.191 e. The molecule has 2 unspecified atom stereocenters. The lowest BCUT2D eigenvalue weighted by Gasteiger charge is -2.47. The monoisotopic (exact) mass is 529 g/mol. The fourth-order valence-electron chi connectivity index (χ4n) is 5.41. The summed E-state index contributed by atoms with van der Waals surface area (Å²) in [5.41, 5.74) is 0. The summed E-state index contributed by atoms with van der Waals surface area (Å²) in [6.07, 6.45) is 13.5. The van der Waals surface area contributed by atoms with Crippen LogP contribution >= 0.6 is 24.0 Å². The van der Waals surface area contributed by atoms with Crippen molar-refractivity contribution in [3.8, 4) is 0 Å². The highest BCUT2D eigenvalue weighted by Gasteiger charge is 2.36. The van der Waals surface area contributed by atoms with E-state index in [0.717, 1.165) is 62.8 Å². The lowest BCUT2D eigenvalue weighted by atomic mass is 9.82. The third-order valence-corrected chi connectivity index (χ3v) is 7.04. The first-order chi connectivity index (χ1) is 14.2. The Kier molecular flexibility index (Phi) is 9.22. The van der Waals surface area contributed by atoms with Gasteiger partial charge in [0.2, 0.25) is 0 Å². The summed E-state index contributed by atoms with van der Waals surface area (Å²) in [5, 5.41) is 16.1. The molecule has 3 aliphatic heterocycles. The Morgan fingerprint density at radius 1 is 1.10 bits per heavy atom. The van der Waals surface area contributed by atoms with Crippen molar-refractivity contribution >= 4 is 29.9 Å². The number of fused-ring (bicyclic) bond motifs is 3. The molecule has 0 amide bonds. The van der Waals surface area contributed by atoms with Crippen molar-refractivity contribution in [2.45, 2.75) is 102 Å². The Morgan fingerprint density at radius 3 is 2.67 bits per heavy atom. The van der Waals surface area contributed by atoms with Gasteiger partial charge in [0.1, 0.15) is 11.6 Å². The van der Waals surface area contributed by atoms with Gasteiger partial charge in [-0.25, -0.2) is 0 Å². The van der Waals surface area contributed by atoms with Crippen molar-refractivity contribution < 1.29 is 0 Å². The number of rotatable bonds is 6.